The van der Waals surface area contributed by atoms with Gasteiger partial charge in [-0.1, -0.05) is 28.1 Å². The first kappa shape index (κ1) is 16.9. The Hall–Kier alpha value is -1.14. The van der Waals surface area contributed by atoms with Crippen molar-refractivity contribution in [2.24, 2.45) is 5.73 Å². The van der Waals surface area contributed by atoms with Crippen LogP contribution in [0, 0.1) is 0 Å². The topological polar surface area (TPSA) is 58.4 Å². The van der Waals surface area contributed by atoms with E-state index in [-0.39, 0.29) is 5.91 Å². The molecule has 1 aromatic rings. The van der Waals surface area contributed by atoms with Crippen molar-refractivity contribution in [1.29, 1.82) is 0 Å². The molecule has 0 heterocycles. The summed E-state index contributed by atoms with van der Waals surface area (Å²) in [5.74, 6) is 0.150. The fraction of sp³-hybridized carbons (Fsp3) is 0.429. The van der Waals surface area contributed by atoms with E-state index < -0.39 is 0 Å². The van der Waals surface area contributed by atoms with Gasteiger partial charge in [-0.15, -0.1) is 0 Å². The van der Waals surface area contributed by atoms with Gasteiger partial charge in [0.25, 0.3) is 0 Å². The Bertz CT molecular complexity index is 489. The number of halogens is 1. The number of nitrogens with zero attached hydrogens (tertiary/aromatic N) is 1. The molecular weight excluding hydrogens is 338 g/mol. The molecule has 1 aromatic carbocycles. The van der Waals surface area contributed by atoms with Crippen LogP contribution in [0.1, 0.15) is 25.8 Å². The third kappa shape index (κ3) is 4.76. The maximum atomic E-state index is 11.9. The molecule has 0 saturated carbocycles. The van der Waals surface area contributed by atoms with Crippen LogP contribution < -0.4 is 11.1 Å². The van der Waals surface area contributed by atoms with Gasteiger partial charge in [-0.25, -0.2) is 0 Å². The smallest absolute Gasteiger partial charge is 0.224 e. The van der Waals surface area contributed by atoms with E-state index in [2.05, 4.69) is 21.2 Å². The summed E-state index contributed by atoms with van der Waals surface area (Å²) in [5, 5.41) is 3.22. The molecule has 0 aliphatic heterocycles. The minimum atomic E-state index is 0.150. The zero-order chi connectivity index (χ0) is 15.1. The van der Waals surface area contributed by atoms with Crippen LogP contribution in [0.5, 0.6) is 0 Å². The Morgan fingerprint density at radius 1 is 1.40 bits per heavy atom. The second-order valence-corrected chi connectivity index (χ2v) is 5.65. The molecule has 0 radical (unpaired) electrons. The molecule has 6 heteroatoms. The van der Waals surface area contributed by atoms with Crippen molar-refractivity contribution in [3.8, 4) is 0 Å². The number of anilines is 1. The third-order valence-electron chi connectivity index (χ3n) is 3.02. The van der Waals surface area contributed by atoms with Gasteiger partial charge >= 0.3 is 0 Å². The lowest BCUT2D eigenvalue weighted by Crippen LogP contribution is -2.31. The van der Waals surface area contributed by atoms with Crippen molar-refractivity contribution >= 4 is 44.7 Å². The first-order chi connectivity index (χ1) is 9.49. The first-order valence-corrected chi connectivity index (χ1v) is 7.80. The lowest BCUT2D eigenvalue weighted by molar-refractivity contribution is -0.130. The van der Waals surface area contributed by atoms with E-state index in [9.17, 15) is 4.79 Å². The standard InChI is InChI=1S/C14H20BrN3OS/c1-3-18(4-2)13(19)7-8-17-12-6-5-10(15)9-11(12)14(16)20/h5-6,9,17H,3-4,7-8H2,1-2H3,(H2,16,20). The number of nitrogens with one attached hydrogen (secondary N) is 1. The van der Waals surface area contributed by atoms with Crippen LogP contribution in [0.2, 0.25) is 0 Å². The summed E-state index contributed by atoms with van der Waals surface area (Å²) >= 11 is 8.42. The zero-order valence-electron chi connectivity index (χ0n) is 11.8. The summed E-state index contributed by atoms with van der Waals surface area (Å²) < 4.78 is 0.921. The zero-order valence-corrected chi connectivity index (χ0v) is 14.2. The van der Waals surface area contributed by atoms with Crippen molar-refractivity contribution in [3.63, 3.8) is 0 Å². The first-order valence-electron chi connectivity index (χ1n) is 6.60. The van der Waals surface area contributed by atoms with Crippen molar-refractivity contribution < 1.29 is 4.79 Å². The largest absolute Gasteiger partial charge is 0.389 e. The van der Waals surface area contributed by atoms with E-state index in [4.69, 9.17) is 18.0 Å². The van der Waals surface area contributed by atoms with E-state index in [0.29, 0.717) is 18.0 Å². The van der Waals surface area contributed by atoms with Crippen LogP contribution in [0.15, 0.2) is 22.7 Å². The molecule has 110 valence electrons. The second kappa shape index (κ2) is 8.21. The minimum Gasteiger partial charge on any atom is -0.389 e. The molecule has 0 unspecified atom stereocenters. The minimum absolute atomic E-state index is 0.150. The van der Waals surface area contributed by atoms with Crippen LogP contribution in [0.4, 0.5) is 5.69 Å². The molecule has 0 spiro atoms. The van der Waals surface area contributed by atoms with Gasteiger partial charge in [0.05, 0.1) is 0 Å². The van der Waals surface area contributed by atoms with E-state index in [1.807, 2.05) is 36.9 Å². The normalized spacial score (nSPS) is 10.2. The molecule has 0 fully saturated rings. The Balaban J connectivity index is 2.62. The number of hydrogen-bond donors (Lipinski definition) is 2. The number of thiocarbonyl (C=S) groups is 1. The monoisotopic (exact) mass is 357 g/mol. The van der Waals surface area contributed by atoms with Crippen LogP contribution in [0.3, 0.4) is 0 Å². The highest BCUT2D eigenvalue weighted by atomic mass is 79.9. The lowest BCUT2D eigenvalue weighted by Gasteiger charge is -2.19. The molecule has 0 atom stereocenters. The summed E-state index contributed by atoms with van der Waals surface area (Å²) in [4.78, 5) is 14.1. The summed E-state index contributed by atoms with van der Waals surface area (Å²) in [7, 11) is 0. The molecular formula is C14H20BrN3OS. The van der Waals surface area contributed by atoms with Crippen molar-refractivity contribution in [1.82, 2.24) is 4.90 Å². The van der Waals surface area contributed by atoms with Crippen LogP contribution in [0.25, 0.3) is 0 Å². The molecule has 3 N–H and O–H groups in total. The Kier molecular flexibility index (Phi) is 6.95. The average molecular weight is 358 g/mol. The predicted octanol–water partition coefficient (Wildman–Crippen LogP) is 2.75. The van der Waals surface area contributed by atoms with Crippen molar-refractivity contribution in [3.05, 3.63) is 28.2 Å². The molecule has 20 heavy (non-hydrogen) atoms. The molecule has 0 aromatic heterocycles. The Morgan fingerprint density at radius 2 is 2.05 bits per heavy atom. The third-order valence-corrected chi connectivity index (χ3v) is 3.73. The maximum absolute atomic E-state index is 11.9. The highest BCUT2D eigenvalue weighted by Gasteiger charge is 2.10. The van der Waals surface area contributed by atoms with Gasteiger partial charge in [-0.3, -0.25) is 4.79 Å². The van der Waals surface area contributed by atoms with E-state index in [1.165, 1.54) is 0 Å². The molecule has 0 aliphatic carbocycles. The van der Waals surface area contributed by atoms with Crippen molar-refractivity contribution in [2.75, 3.05) is 25.0 Å². The van der Waals surface area contributed by atoms with Crippen molar-refractivity contribution in [2.45, 2.75) is 20.3 Å². The Labute approximate surface area is 133 Å². The van der Waals surface area contributed by atoms with Gasteiger partial charge in [-0.2, -0.15) is 0 Å². The predicted molar refractivity (Wildman–Crippen MR) is 91.1 cm³/mol. The quantitative estimate of drug-likeness (QED) is 0.736. The van der Waals surface area contributed by atoms with Gasteiger partial charge in [0, 0.05) is 41.8 Å². The molecule has 0 saturated heterocycles. The number of benzene rings is 1. The van der Waals surface area contributed by atoms with Gasteiger partial charge in [0.2, 0.25) is 5.91 Å². The maximum Gasteiger partial charge on any atom is 0.224 e. The average Bonchev–Trinajstić information content (AvgIpc) is 2.41. The van der Waals surface area contributed by atoms with Crippen LogP contribution >= 0.6 is 28.1 Å². The van der Waals surface area contributed by atoms with Crippen LogP contribution in [-0.4, -0.2) is 35.4 Å². The highest BCUT2D eigenvalue weighted by molar-refractivity contribution is 9.10. The molecule has 1 amide bonds. The van der Waals surface area contributed by atoms with Gasteiger partial charge in [0.15, 0.2) is 0 Å². The molecule has 0 bridgehead atoms. The SMILES string of the molecule is CCN(CC)C(=O)CCNc1ccc(Br)cc1C(N)=S. The summed E-state index contributed by atoms with van der Waals surface area (Å²) in [6.45, 7) is 6.01. The molecule has 4 nitrogen and oxygen atoms in total. The fourth-order valence-corrected chi connectivity index (χ4v) is 2.44. The number of hydrogen-bond acceptors (Lipinski definition) is 3. The lowest BCUT2D eigenvalue weighted by atomic mass is 10.1. The number of amides is 1. The molecule has 0 aliphatic rings. The van der Waals surface area contributed by atoms with Gasteiger partial charge in [0.1, 0.15) is 4.99 Å². The number of carbonyl (C=O) groups excluding carboxylic acids is 1. The van der Waals surface area contributed by atoms with Gasteiger partial charge < -0.3 is 16.0 Å². The summed E-state index contributed by atoms with van der Waals surface area (Å²) in [5.41, 5.74) is 7.34. The number of nitrogens with two attached hydrogens (primary N) is 1. The van der Waals surface area contributed by atoms with Crippen LogP contribution in [-0.2, 0) is 4.79 Å². The second-order valence-electron chi connectivity index (χ2n) is 4.30. The summed E-state index contributed by atoms with van der Waals surface area (Å²) in [6, 6.07) is 5.69. The van der Waals surface area contributed by atoms with E-state index in [0.717, 1.165) is 28.8 Å². The van der Waals surface area contributed by atoms with Gasteiger partial charge in [-0.05, 0) is 32.0 Å². The number of rotatable bonds is 7. The Morgan fingerprint density at radius 3 is 2.60 bits per heavy atom. The highest BCUT2D eigenvalue weighted by Crippen LogP contribution is 2.21. The van der Waals surface area contributed by atoms with E-state index in [1.54, 1.807) is 0 Å². The molecule has 1 rings (SSSR count). The fourth-order valence-electron chi connectivity index (χ4n) is 1.91. The van der Waals surface area contributed by atoms with E-state index >= 15 is 0 Å². The number of carbonyl (C=O) groups is 1. The summed E-state index contributed by atoms with van der Waals surface area (Å²) in [6.07, 6.45) is 0.453.